The van der Waals surface area contributed by atoms with E-state index in [0.717, 1.165) is 0 Å². The summed E-state index contributed by atoms with van der Waals surface area (Å²) in [6.07, 6.45) is 0.528. The van der Waals surface area contributed by atoms with Crippen molar-refractivity contribution in [2.24, 2.45) is 0 Å². The Balaban J connectivity index is 3.64. The van der Waals surface area contributed by atoms with Gasteiger partial charge in [0.25, 0.3) is 0 Å². The monoisotopic (exact) mass is 173 g/mol. The molecule has 0 saturated heterocycles. The Bertz CT molecular complexity index is 168. The molecule has 0 bridgehead atoms. The van der Waals surface area contributed by atoms with Gasteiger partial charge in [-0.2, -0.15) is 0 Å². The van der Waals surface area contributed by atoms with Crippen molar-refractivity contribution in [3.63, 3.8) is 0 Å². The van der Waals surface area contributed by atoms with Crippen LogP contribution in [0.1, 0.15) is 19.8 Å². The zero-order valence-corrected chi connectivity index (χ0v) is 7.54. The highest BCUT2D eigenvalue weighted by atomic mass is 16.3. The van der Waals surface area contributed by atoms with E-state index in [1.807, 2.05) is 0 Å². The van der Waals surface area contributed by atoms with Crippen molar-refractivity contribution in [3.05, 3.63) is 0 Å². The van der Waals surface area contributed by atoms with Crippen LogP contribution >= 0.6 is 0 Å². The first-order valence-corrected chi connectivity index (χ1v) is 3.92. The lowest BCUT2D eigenvalue weighted by atomic mass is 10.2. The number of carbonyl (C=O) groups excluding carboxylic acids is 2. The first kappa shape index (κ1) is 11.1. The lowest BCUT2D eigenvalue weighted by molar-refractivity contribution is -0.132. The van der Waals surface area contributed by atoms with Gasteiger partial charge in [-0.15, -0.1) is 0 Å². The number of hydrogen-bond acceptors (Lipinski definition) is 3. The van der Waals surface area contributed by atoms with Crippen molar-refractivity contribution in [2.45, 2.75) is 19.8 Å². The quantitative estimate of drug-likeness (QED) is 0.626. The molecule has 4 nitrogen and oxygen atoms in total. The van der Waals surface area contributed by atoms with Crippen LogP contribution in [0.3, 0.4) is 0 Å². The first-order chi connectivity index (χ1) is 5.57. The SMILES string of the molecule is CC(=O)CCC(=O)N(C)CCO. The average molecular weight is 173 g/mol. The second-order valence-electron chi connectivity index (χ2n) is 2.74. The standard InChI is InChI=1S/C8H15NO3/c1-7(11)3-4-8(12)9(2)5-6-10/h10H,3-6H2,1-2H3. The van der Waals surface area contributed by atoms with Gasteiger partial charge in [-0.1, -0.05) is 0 Å². The Morgan fingerprint density at radius 2 is 1.92 bits per heavy atom. The normalized spacial score (nSPS) is 9.58. The summed E-state index contributed by atoms with van der Waals surface area (Å²) in [6.45, 7) is 1.75. The summed E-state index contributed by atoms with van der Waals surface area (Å²) in [4.78, 5) is 23.0. The van der Waals surface area contributed by atoms with Gasteiger partial charge in [-0.3, -0.25) is 4.79 Å². The third-order valence-electron chi connectivity index (χ3n) is 1.55. The zero-order chi connectivity index (χ0) is 9.56. The van der Waals surface area contributed by atoms with Crippen LogP contribution in [-0.2, 0) is 9.59 Å². The maximum absolute atomic E-state index is 11.1. The highest BCUT2D eigenvalue weighted by Crippen LogP contribution is 1.95. The average Bonchev–Trinajstić information content (AvgIpc) is 2.00. The minimum atomic E-state index is -0.0979. The summed E-state index contributed by atoms with van der Waals surface area (Å²) < 4.78 is 0. The highest BCUT2D eigenvalue weighted by molar-refractivity contribution is 5.83. The van der Waals surface area contributed by atoms with Crippen molar-refractivity contribution < 1.29 is 14.7 Å². The molecule has 0 aliphatic carbocycles. The van der Waals surface area contributed by atoms with Crippen LogP contribution in [0.25, 0.3) is 0 Å². The van der Waals surface area contributed by atoms with Crippen LogP contribution in [-0.4, -0.2) is 41.9 Å². The summed E-state index contributed by atoms with van der Waals surface area (Å²) in [5, 5.41) is 8.50. The molecular weight excluding hydrogens is 158 g/mol. The fraction of sp³-hybridized carbons (Fsp3) is 0.750. The summed E-state index contributed by atoms with van der Waals surface area (Å²) >= 11 is 0. The van der Waals surface area contributed by atoms with Gasteiger partial charge in [0.15, 0.2) is 0 Å². The molecule has 0 aromatic rings. The van der Waals surface area contributed by atoms with Gasteiger partial charge in [0.1, 0.15) is 5.78 Å². The fourth-order valence-corrected chi connectivity index (χ4v) is 0.749. The largest absolute Gasteiger partial charge is 0.395 e. The minimum Gasteiger partial charge on any atom is -0.395 e. The van der Waals surface area contributed by atoms with Crippen molar-refractivity contribution >= 4 is 11.7 Å². The van der Waals surface area contributed by atoms with Gasteiger partial charge >= 0.3 is 0 Å². The first-order valence-electron chi connectivity index (χ1n) is 3.92. The second kappa shape index (κ2) is 5.71. The Hall–Kier alpha value is -0.900. The van der Waals surface area contributed by atoms with Crippen molar-refractivity contribution in [1.29, 1.82) is 0 Å². The zero-order valence-electron chi connectivity index (χ0n) is 7.54. The van der Waals surface area contributed by atoms with E-state index >= 15 is 0 Å². The molecule has 0 atom stereocenters. The number of likely N-dealkylation sites (N-methyl/N-ethyl adjacent to an activating group) is 1. The molecule has 0 saturated carbocycles. The molecule has 0 aromatic heterocycles. The van der Waals surface area contributed by atoms with E-state index in [2.05, 4.69) is 0 Å². The third-order valence-corrected chi connectivity index (χ3v) is 1.55. The summed E-state index contributed by atoms with van der Waals surface area (Å²) in [5.41, 5.74) is 0. The molecule has 0 unspecified atom stereocenters. The van der Waals surface area contributed by atoms with Crippen LogP contribution in [0.4, 0.5) is 0 Å². The molecule has 1 amide bonds. The molecule has 70 valence electrons. The van der Waals surface area contributed by atoms with Gasteiger partial charge in [0, 0.05) is 26.4 Å². The van der Waals surface area contributed by atoms with E-state index in [4.69, 9.17) is 5.11 Å². The van der Waals surface area contributed by atoms with E-state index < -0.39 is 0 Å². The van der Waals surface area contributed by atoms with Gasteiger partial charge in [-0.05, 0) is 6.92 Å². The van der Waals surface area contributed by atoms with Gasteiger partial charge in [0.2, 0.25) is 5.91 Å². The van der Waals surface area contributed by atoms with Crippen molar-refractivity contribution in [2.75, 3.05) is 20.2 Å². The third kappa shape index (κ3) is 4.85. The number of hydrogen-bond donors (Lipinski definition) is 1. The molecule has 0 aliphatic rings. The van der Waals surface area contributed by atoms with Crippen LogP contribution in [0.2, 0.25) is 0 Å². The van der Waals surface area contributed by atoms with E-state index in [-0.39, 0.29) is 31.1 Å². The summed E-state index contributed by atoms with van der Waals surface area (Å²) in [7, 11) is 1.61. The Morgan fingerprint density at radius 3 is 2.33 bits per heavy atom. The summed E-state index contributed by atoms with van der Waals surface area (Å²) in [6, 6.07) is 0. The molecule has 0 fully saturated rings. The highest BCUT2D eigenvalue weighted by Gasteiger charge is 2.08. The minimum absolute atomic E-state index is 0.0146. The molecule has 1 N–H and O–H groups in total. The van der Waals surface area contributed by atoms with Crippen molar-refractivity contribution in [3.8, 4) is 0 Å². The van der Waals surface area contributed by atoms with E-state index in [9.17, 15) is 9.59 Å². The lowest BCUT2D eigenvalue weighted by Crippen LogP contribution is -2.29. The van der Waals surface area contributed by atoms with Gasteiger partial charge < -0.3 is 14.8 Å². The number of rotatable bonds is 5. The van der Waals surface area contributed by atoms with Crippen LogP contribution in [0.5, 0.6) is 0 Å². The van der Waals surface area contributed by atoms with Crippen LogP contribution in [0.15, 0.2) is 0 Å². The van der Waals surface area contributed by atoms with Gasteiger partial charge in [-0.25, -0.2) is 0 Å². The predicted molar refractivity (Wildman–Crippen MR) is 44.6 cm³/mol. The smallest absolute Gasteiger partial charge is 0.222 e. The number of Topliss-reactive ketones (excluding diaryl/α,β-unsaturated/α-hetero) is 1. The Kier molecular flexibility index (Phi) is 5.28. The fourth-order valence-electron chi connectivity index (χ4n) is 0.749. The molecular formula is C8H15NO3. The molecule has 4 heteroatoms. The van der Waals surface area contributed by atoms with E-state index in [0.29, 0.717) is 6.54 Å². The van der Waals surface area contributed by atoms with E-state index in [1.165, 1.54) is 11.8 Å². The van der Waals surface area contributed by atoms with Crippen LogP contribution < -0.4 is 0 Å². The topological polar surface area (TPSA) is 57.6 Å². The molecule has 12 heavy (non-hydrogen) atoms. The number of aliphatic hydroxyl groups excluding tert-OH is 1. The molecule has 0 aliphatic heterocycles. The second-order valence-corrected chi connectivity index (χ2v) is 2.74. The lowest BCUT2D eigenvalue weighted by Gasteiger charge is -2.14. The number of ketones is 1. The number of aliphatic hydroxyl groups is 1. The predicted octanol–water partition coefficient (Wildman–Crippen LogP) is -0.194. The maximum atomic E-state index is 11.1. The van der Waals surface area contributed by atoms with Crippen molar-refractivity contribution in [1.82, 2.24) is 4.90 Å². The Labute approximate surface area is 72.2 Å². The number of amides is 1. The molecule has 0 spiro atoms. The molecule has 0 aromatic carbocycles. The maximum Gasteiger partial charge on any atom is 0.222 e. The molecule has 0 heterocycles. The van der Waals surface area contributed by atoms with Crippen LogP contribution in [0, 0.1) is 0 Å². The summed E-state index contributed by atoms with van der Waals surface area (Å²) in [5.74, 6) is -0.0833. The number of carbonyl (C=O) groups is 2. The molecule has 0 rings (SSSR count). The number of nitrogens with zero attached hydrogens (tertiary/aromatic N) is 1. The van der Waals surface area contributed by atoms with E-state index in [1.54, 1.807) is 7.05 Å². The molecule has 0 radical (unpaired) electrons. The Morgan fingerprint density at radius 1 is 1.33 bits per heavy atom. The van der Waals surface area contributed by atoms with Gasteiger partial charge in [0.05, 0.1) is 6.61 Å².